The molecule has 1 atom stereocenters. The van der Waals surface area contributed by atoms with Gasteiger partial charge in [0.1, 0.15) is 5.76 Å². The minimum atomic E-state index is 0.235. The van der Waals surface area contributed by atoms with Crippen LogP contribution in [0.5, 0.6) is 0 Å². The molecule has 3 nitrogen and oxygen atoms in total. The van der Waals surface area contributed by atoms with Crippen LogP contribution in [0.3, 0.4) is 0 Å². The Morgan fingerprint density at radius 1 is 1.25 bits per heavy atom. The highest BCUT2D eigenvalue weighted by Crippen LogP contribution is 2.16. The third kappa shape index (κ3) is 4.37. The molecule has 0 spiro atoms. The summed E-state index contributed by atoms with van der Waals surface area (Å²) >= 11 is 6.17. The number of likely N-dealkylation sites (N-methyl/N-ethyl adjacent to an activating group) is 1. The van der Waals surface area contributed by atoms with Crippen molar-refractivity contribution in [3.05, 3.63) is 59.0 Å². The van der Waals surface area contributed by atoms with Crippen molar-refractivity contribution in [1.82, 2.24) is 10.2 Å². The van der Waals surface area contributed by atoms with Crippen LogP contribution in [-0.2, 0) is 6.54 Å². The van der Waals surface area contributed by atoms with Crippen LogP contribution in [-0.4, -0.2) is 25.0 Å². The van der Waals surface area contributed by atoms with Crippen LogP contribution in [0.1, 0.15) is 24.3 Å². The molecule has 0 radical (unpaired) electrons. The van der Waals surface area contributed by atoms with Gasteiger partial charge in [-0.15, -0.1) is 0 Å². The number of furan rings is 1. The minimum Gasteiger partial charge on any atom is -0.468 e. The van der Waals surface area contributed by atoms with Gasteiger partial charge in [-0.3, -0.25) is 0 Å². The first-order valence-electron chi connectivity index (χ1n) is 6.85. The van der Waals surface area contributed by atoms with Gasteiger partial charge in [-0.1, -0.05) is 29.8 Å². The number of hydrogen-bond donors (Lipinski definition) is 1. The zero-order valence-electron chi connectivity index (χ0n) is 12.0. The molecule has 1 N–H and O–H groups in total. The Morgan fingerprint density at radius 2 is 2.05 bits per heavy atom. The molecule has 0 aliphatic rings. The molecule has 4 heteroatoms. The highest BCUT2D eigenvalue weighted by molar-refractivity contribution is 6.31. The van der Waals surface area contributed by atoms with Gasteiger partial charge in [0.15, 0.2) is 0 Å². The summed E-state index contributed by atoms with van der Waals surface area (Å²) < 4.78 is 5.37. The minimum absolute atomic E-state index is 0.235. The van der Waals surface area contributed by atoms with E-state index in [0.29, 0.717) is 0 Å². The van der Waals surface area contributed by atoms with Crippen molar-refractivity contribution in [3.8, 4) is 0 Å². The number of nitrogens with zero attached hydrogens (tertiary/aromatic N) is 1. The quantitative estimate of drug-likeness (QED) is 0.843. The maximum Gasteiger partial charge on any atom is 0.120 e. The van der Waals surface area contributed by atoms with E-state index in [-0.39, 0.29) is 6.04 Å². The van der Waals surface area contributed by atoms with E-state index in [0.717, 1.165) is 36.0 Å². The zero-order chi connectivity index (χ0) is 14.4. The van der Waals surface area contributed by atoms with Crippen molar-refractivity contribution in [2.24, 2.45) is 0 Å². The molecule has 20 heavy (non-hydrogen) atoms. The second-order valence-corrected chi connectivity index (χ2v) is 5.43. The molecular formula is C16H21ClN2O. The third-order valence-corrected chi connectivity index (χ3v) is 3.68. The maximum absolute atomic E-state index is 6.17. The van der Waals surface area contributed by atoms with Gasteiger partial charge in [-0.05, 0) is 37.7 Å². The zero-order valence-corrected chi connectivity index (χ0v) is 12.7. The van der Waals surface area contributed by atoms with E-state index in [2.05, 4.69) is 30.3 Å². The average Bonchev–Trinajstić information content (AvgIpc) is 2.95. The van der Waals surface area contributed by atoms with E-state index in [1.54, 1.807) is 6.26 Å². The molecule has 1 aromatic carbocycles. The molecule has 0 saturated carbocycles. The SMILES string of the molecule is CC(NCCN(C)Cc1ccccc1Cl)c1ccco1. The highest BCUT2D eigenvalue weighted by atomic mass is 35.5. The third-order valence-electron chi connectivity index (χ3n) is 3.31. The summed E-state index contributed by atoms with van der Waals surface area (Å²) in [6.07, 6.45) is 1.71. The molecule has 1 heterocycles. The molecule has 0 amide bonds. The summed E-state index contributed by atoms with van der Waals surface area (Å²) in [5, 5.41) is 4.28. The topological polar surface area (TPSA) is 28.4 Å². The van der Waals surface area contributed by atoms with Crippen LogP contribution < -0.4 is 5.32 Å². The monoisotopic (exact) mass is 292 g/mol. The molecule has 1 aromatic heterocycles. The fourth-order valence-electron chi connectivity index (χ4n) is 2.11. The van der Waals surface area contributed by atoms with E-state index in [4.69, 9.17) is 16.0 Å². The summed E-state index contributed by atoms with van der Waals surface area (Å²) in [7, 11) is 2.10. The lowest BCUT2D eigenvalue weighted by Crippen LogP contribution is -2.30. The van der Waals surface area contributed by atoms with E-state index in [9.17, 15) is 0 Å². The van der Waals surface area contributed by atoms with Gasteiger partial charge in [-0.25, -0.2) is 0 Å². The predicted octanol–water partition coefficient (Wildman–Crippen LogP) is 3.72. The first-order valence-corrected chi connectivity index (χ1v) is 7.23. The molecule has 1 unspecified atom stereocenters. The molecule has 0 fully saturated rings. The van der Waals surface area contributed by atoms with E-state index < -0.39 is 0 Å². The Bertz CT molecular complexity index is 513. The van der Waals surface area contributed by atoms with Gasteiger partial charge in [0.2, 0.25) is 0 Å². The molecule has 0 bridgehead atoms. The Kier molecular flexibility index (Phi) is 5.65. The fourth-order valence-corrected chi connectivity index (χ4v) is 2.30. The van der Waals surface area contributed by atoms with Crippen LogP contribution in [0.25, 0.3) is 0 Å². The molecule has 0 aliphatic heterocycles. The Hall–Kier alpha value is -1.29. The first-order chi connectivity index (χ1) is 9.66. The van der Waals surface area contributed by atoms with Crippen LogP contribution in [0.2, 0.25) is 5.02 Å². The van der Waals surface area contributed by atoms with Crippen molar-refractivity contribution in [2.75, 3.05) is 20.1 Å². The lowest BCUT2D eigenvalue weighted by atomic mass is 10.2. The second-order valence-electron chi connectivity index (χ2n) is 5.02. The summed E-state index contributed by atoms with van der Waals surface area (Å²) in [6.45, 7) is 4.82. The van der Waals surface area contributed by atoms with Gasteiger partial charge in [0.25, 0.3) is 0 Å². The number of rotatable bonds is 7. The van der Waals surface area contributed by atoms with Crippen molar-refractivity contribution in [1.29, 1.82) is 0 Å². The molecule has 0 saturated heterocycles. The van der Waals surface area contributed by atoms with Crippen molar-refractivity contribution < 1.29 is 4.42 Å². The van der Waals surface area contributed by atoms with Crippen molar-refractivity contribution in [3.63, 3.8) is 0 Å². The lowest BCUT2D eigenvalue weighted by Gasteiger charge is -2.19. The average molecular weight is 293 g/mol. The Morgan fingerprint density at radius 3 is 2.75 bits per heavy atom. The second kappa shape index (κ2) is 7.48. The Balaban J connectivity index is 1.73. The Labute approximate surface area is 125 Å². The number of halogens is 1. The normalized spacial score (nSPS) is 12.8. The lowest BCUT2D eigenvalue weighted by molar-refractivity contribution is 0.313. The van der Waals surface area contributed by atoms with Gasteiger partial charge in [0.05, 0.1) is 12.3 Å². The van der Waals surface area contributed by atoms with Gasteiger partial charge in [0, 0.05) is 24.7 Å². The number of hydrogen-bond acceptors (Lipinski definition) is 3. The van der Waals surface area contributed by atoms with Gasteiger partial charge in [-0.2, -0.15) is 0 Å². The van der Waals surface area contributed by atoms with E-state index in [1.807, 2.05) is 30.3 Å². The smallest absolute Gasteiger partial charge is 0.120 e. The summed E-state index contributed by atoms with van der Waals surface area (Å²) in [5.41, 5.74) is 1.16. The molecule has 0 aliphatic carbocycles. The first kappa shape index (κ1) is 15.1. The molecular weight excluding hydrogens is 272 g/mol. The van der Waals surface area contributed by atoms with Crippen molar-refractivity contribution in [2.45, 2.75) is 19.5 Å². The number of benzene rings is 1. The fraction of sp³-hybridized carbons (Fsp3) is 0.375. The van der Waals surface area contributed by atoms with Gasteiger partial charge >= 0.3 is 0 Å². The van der Waals surface area contributed by atoms with Crippen molar-refractivity contribution >= 4 is 11.6 Å². The van der Waals surface area contributed by atoms with Crippen LogP contribution >= 0.6 is 11.6 Å². The standard InChI is InChI=1S/C16H21ClN2O/c1-13(16-8-5-11-20-16)18-9-10-19(2)12-14-6-3-4-7-15(14)17/h3-8,11,13,18H,9-10,12H2,1-2H3. The molecule has 2 aromatic rings. The maximum atomic E-state index is 6.17. The molecule has 2 rings (SSSR count). The van der Waals surface area contributed by atoms with E-state index >= 15 is 0 Å². The largest absolute Gasteiger partial charge is 0.468 e. The summed E-state index contributed by atoms with van der Waals surface area (Å²) in [6, 6.07) is 12.1. The van der Waals surface area contributed by atoms with Gasteiger partial charge < -0.3 is 14.6 Å². The predicted molar refractivity (Wildman–Crippen MR) is 82.9 cm³/mol. The van der Waals surface area contributed by atoms with E-state index in [1.165, 1.54) is 0 Å². The van der Waals surface area contributed by atoms with Crippen LogP contribution in [0, 0.1) is 0 Å². The summed E-state index contributed by atoms with van der Waals surface area (Å²) in [4.78, 5) is 2.25. The van der Waals surface area contributed by atoms with Crippen LogP contribution in [0.4, 0.5) is 0 Å². The highest BCUT2D eigenvalue weighted by Gasteiger charge is 2.08. The molecule has 108 valence electrons. The number of nitrogens with one attached hydrogen (secondary N) is 1. The van der Waals surface area contributed by atoms with Crippen LogP contribution in [0.15, 0.2) is 47.1 Å². The summed E-state index contributed by atoms with van der Waals surface area (Å²) in [5.74, 6) is 0.971.